The zero-order valence-corrected chi connectivity index (χ0v) is 14.3. The Balaban J connectivity index is 1.77. The minimum Gasteiger partial charge on any atom is -0.378 e. The number of anilines is 1. The van der Waals surface area contributed by atoms with Gasteiger partial charge in [-0.25, -0.2) is 0 Å². The first kappa shape index (κ1) is 14.3. The number of benzene rings is 2. The number of hydrogen-bond donors (Lipinski definition) is 1. The predicted molar refractivity (Wildman–Crippen MR) is 93.1 cm³/mol. The van der Waals surface area contributed by atoms with Crippen molar-refractivity contribution in [3.8, 4) is 0 Å². The average Bonchev–Trinajstić information content (AvgIpc) is 2.55. The summed E-state index contributed by atoms with van der Waals surface area (Å²) in [5.41, 5.74) is 5.17. The van der Waals surface area contributed by atoms with Gasteiger partial charge in [-0.15, -0.1) is 0 Å². The summed E-state index contributed by atoms with van der Waals surface area (Å²) in [6, 6.07) is 15.7. The highest BCUT2D eigenvalue weighted by atomic mass is 79.9. The Morgan fingerprint density at radius 3 is 2.77 bits per heavy atom. The number of fused-ring (bicyclic) bond motifs is 3. The van der Waals surface area contributed by atoms with Crippen molar-refractivity contribution in [3.05, 3.63) is 63.6 Å². The molecule has 2 aliphatic rings. The van der Waals surface area contributed by atoms with Crippen molar-refractivity contribution in [1.82, 2.24) is 0 Å². The lowest BCUT2D eigenvalue weighted by molar-refractivity contribution is -0.0381. The standard InChI is InChI=1S/C19H20BrNO/c1-12-4-6-13(7-5-12)18-15-3-2-10-22-19(15)16-11-14(20)8-9-17(16)21-18/h4-9,11,15,18-19,21H,2-3,10H2,1H3/t15-,18?,19-/m0/s1. The van der Waals surface area contributed by atoms with E-state index in [1.54, 1.807) is 0 Å². The molecule has 0 aliphatic carbocycles. The Morgan fingerprint density at radius 2 is 1.95 bits per heavy atom. The Kier molecular flexibility index (Phi) is 3.71. The number of nitrogens with one attached hydrogen (secondary N) is 1. The van der Waals surface area contributed by atoms with Gasteiger partial charge in [0.15, 0.2) is 0 Å². The first-order chi connectivity index (χ1) is 10.7. The number of rotatable bonds is 1. The topological polar surface area (TPSA) is 21.3 Å². The molecule has 22 heavy (non-hydrogen) atoms. The van der Waals surface area contributed by atoms with Gasteiger partial charge in [0.25, 0.3) is 0 Å². The zero-order chi connectivity index (χ0) is 15.1. The quantitative estimate of drug-likeness (QED) is 0.738. The van der Waals surface area contributed by atoms with E-state index >= 15 is 0 Å². The Hall–Kier alpha value is -1.32. The van der Waals surface area contributed by atoms with Gasteiger partial charge in [0, 0.05) is 28.2 Å². The van der Waals surface area contributed by atoms with E-state index in [9.17, 15) is 0 Å². The van der Waals surface area contributed by atoms with E-state index in [1.165, 1.54) is 28.8 Å². The van der Waals surface area contributed by atoms with Crippen LogP contribution in [0.2, 0.25) is 0 Å². The van der Waals surface area contributed by atoms with E-state index in [1.807, 2.05) is 0 Å². The predicted octanol–water partition coefficient (Wildman–Crippen LogP) is 5.39. The molecular formula is C19H20BrNO. The third-order valence-corrected chi connectivity index (χ3v) is 5.36. The monoisotopic (exact) mass is 357 g/mol. The van der Waals surface area contributed by atoms with Crippen LogP contribution in [0.3, 0.4) is 0 Å². The molecule has 0 radical (unpaired) electrons. The van der Waals surface area contributed by atoms with Crippen molar-refractivity contribution in [2.45, 2.75) is 31.9 Å². The Labute approximate surface area is 140 Å². The van der Waals surface area contributed by atoms with Gasteiger partial charge in [-0.1, -0.05) is 45.8 Å². The zero-order valence-electron chi connectivity index (χ0n) is 12.7. The van der Waals surface area contributed by atoms with Gasteiger partial charge in [-0.3, -0.25) is 0 Å². The molecule has 2 heterocycles. The molecule has 0 amide bonds. The normalized spacial score (nSPS) is 26.7. The van der Waals surface area contributed by atoms with E-state index in [0.29, 0.717) is 12.0 Å². The molecule has 2 aliphatic heterocycles. The highest BCUT2D eigenvalue weighted by Crippen LogP contribution is 2.49. The molecule has 2 aromatic carbocycles. The molecule has 2 nitrogen and oxygen atoms in total. The Morgan fingerprint density at radius 1 is 1.14 bits per heavy atom. The van der Waals surface area contributed by atoms with Crippen molar-refractivity contribution in [2.75, 3.05) is 11.9 Å². The lowest BCUT2D eigenvalue weighted by Crippen LogP contribution is -2.36. The summed E-state index contributed by atoms with van der Waals surface area (Å²) in [5, 5.41) is 3.76. The molecule has 1 saturated heterocycles. The highest BCUT2D eigenvalue weighted by Gasteiger charge is 2.39. The molecule has 0 bridgehead atoms. The van der Waals surface area contributed by atoms with Crippen LogP contribution in [0.25, 0.3) is 0 Å². The maximum absolute atomic E-state index is 6.18. The van der Waals surface area contributed by atoms with Crippen LogP contribution in [0, 0.1) is 12.8 Å². The van der Waals surface area contributed by atoms with E-state index in [4.69, 9.17) is 4.74 Å². The fraction of sp³-hybridized carbons (Fsp3) is 0.368. The first-order valence-corrected chi connectivity index (χ1v) is 8.76. The van der Waals surface area contributed by atoms with Crippen LogP contribution in [-0.4, -0.2) is 6.61 Å². The number of halogens is 1. The van der Waals surface area contributed by atoms with E-state index in [0.717, 1.165) is 17.5 Å². The molecule has 0 spiro atoms. The van der Waals surface area contributed by atoms with Gasteiger partial charge in [0.2, 0.25) is 0 Å². The molecule has 114 valence electrons. The summed E-state index contributed by atoms with van der Waals surface area (Å²) < 4.78 is 7.30. The number of hydrogen-bond acceptors (Lipinski definition) is 2. The summed E-state index contributed by atoms with van der Waals surface area (Å²) in [5.74, 6) is 0.498. The SMILES string of the molecule is Cc1ccc(C2Nc3ccc(Br)cc3[C@H]3OCCC[C@@H]23)cc1. The lowest BCUT2D eigenvalue weighted by Gasteiger charge is -2.43. The van der Waals surface area contributed by atoms with Crippen molar-refractivity contribution in [2.24, 2.45) is 5.92 Å². The van der Waals surface area contributed by atoms with Gasteiger partial charge >= 0.3 is 0 Å². The maximum Gasteiger partial charge on any atom is 0.0896 e. The van der Waals surface area contributed by atoms with Crippen molar-refractivity contribution < 1.29 is 4.74 Å². The molecular weight excluding hydrogens is 338 g/mol. The largest absolute Gasteiger partial charge is 0.378 e. The fourth-order valence-electron chi connectivity index (χ4n) is 3.75. The van der Waals surface area contributed by atoms with E-state index < -0.39 is 0 Å². The van der Waals surface area contributed by atoms with Crippen LogP contribution in [0.4, 0.5) is 5.69 Å². The Bertz CT molecular complexity index is 682. The van der Waals surface area contributed by atoms with E-state index in [2.05, 4.69) is 70.6 Å². The molecule has 1 N–H and O–H groups in total. The van der Waals surface area contributed by atoms with Crippen LogP contribution < -0.4 is 5.32 Å². The van der Waals surface area contributed by atoms with Gasteiger partial charge in [0.1, 0.15) is 0 Å². The summed E-state index contributed by atoms with van der Waals surface area (Å²) in [6.07, 6.45) is 2.56. The second-order valence-electron chi connectivity index (χ2n) is 6.36. The molecule has 1 fully saturated rings. The van der Waals surface area contributed by atoms with Crippen LogP contribution in [0.1, 0.15) is 41.7 Å². The third kappa shape index (κ3) is 2.46. The lowest BCUT2D eigenvalue weighted by atomic mass is 9.77. The van der Waals surface area contributed by atoms with Crippen LogP contribution in [0.5, 0.6) is 0 Å². The van der Waals surface area contributed by atoms with Crippen LogP contribution in [-0.2, 0) is 4.74 Å². The summed E-state index contributed by atoms with van der Waals surface area (Å²) in [4.78, 5) is 0. The average molecular weight is 358 g/mol. The van der Waals surface area contributed by atoms with Crippen molar-refractivity contribution in [3.63, 3.8) is 0 Å². The van der Waals surface area contributed by atoms with Crippen LogP contribution in [0.15, 0.2) is 46.9 Å². The van der Waals surface area contributed by atoms with Gasteiger partial charge in [-0.05, 0) is 43.5 Å². The smallest absolute Gasteiger partial charge is 0.0896 e. The second kappa shape index (κ2) is 5.71. The van der Waals surface area contributed by atoms with Crippen LogP contribution >= 0.6 is 15.9 Å². The number of aryl methyl sites for hydroxylation is 1. The van der Waals surface area contributed by atoms with Crippen molar-refractivity contribution >= 4 is 21.6 Å². The minimum atomic E-state index is 0.203. The minimum absolute atomic E-state index is 0.203. The van der Waals surface area contributed by atoms with Gasteiger partial charge < -0.3 is 10.1 Å². The maximum atomic E-state index is 6.18. The molecule has 1 unspecified atom stereocenters. The summed E-state index contributed by atoms with van der Waals surface area (Å²) in [7, 11) is 0. The third-order valence-electron chi connectivity index (χ3n) is 4.86. The molecule has 0 aromatic heterocycles. The molecule has 2 aromatic rings. The molecule has 3 atom stereocenters. The first-order valence-electron chi connectivity index (χ1n) is 7.96. The molecule has 0 saturated carbocycles. The second-order valence-corrected chi connectivity index (χ2v) is 7.28. The van der Waals surface area contributed by atoms with Gasteiger partial charge in [-0.2, -0.15) is 0 Å². The molecule has 4 rings (SSSR count). The molecule has 3 heteroatoms. The number of ether oxygens (including phenoxy) is 1. The van der Waals surface area contributed by atoms with E-state index in [-0.39, 0.29) is 6.10 Å². The summed E-state index contributed by atoms with van der Waals surface area (Å²) >= 11 is 3.59. The van der Waals surface area contributed by atoms with Crippen molar-refractivity contribution in [1.29, 1.82) is 0 Å². The highest BCUT2D eigenvalue weighted by molar-refractivity contribution is 9.10. The van der Waals surface area contributed by atoms with Gasteiger partial charge in [0.05, 0.1) is 12.1 Å². The fourth-order valence-corrected chi connectivity index (χ4v) is 4.12. The summed E-state index contributed by atoms with van der Waals surface area (Å²) in [6.45, 7) is 3.01.